The molecule has 0 atom stereocenters. The molecule has 0 aromatic carbocycles. The molecule has 4 heteroatoms. The zero-order valence-corrected chi connectivity index (χ0v) is 12.6. The Labute approximate surface area is 118 Å². The standard InChI is InChI=1S/C14H24BrNO2/c15-11-14(7-9-18-10-8-14)16-13(17)12-5-3-1-2-4-6-12/h12H,1-11H2,(H,16,17). The molecule has 2 fully saturated rings. The minimum Gasteiger partial charge on any atom is -0.381 e. The molecule has 0 unspecified atom stereocenters. The molecule has 0 aromatic rings. The van der Waals surface area contributed by atoms with Crippen LogP contribution in [0.3, 0.4) is 0 Å². The number of hydrogen-bond acceptors (Lipinski definition) is 2. The average Bonchev–Trinajstić information content (AvgIpc) is 2.68. The molecule has 0 spiro atoms. The molecule has 1 aliphatic heterocycles. The maximum absolute atomic E-state index is 12.4. The zero-order chi connectivity index (χ0) is 12.8. The number of halogens is 1. The first-order chi connectivity index (χ1) is 8.76. The summed E-state index contributed by atoms with van der Waals surface area (Å²) in [5.41, 5.74) is -0.0678. The fourth-order valence-corrected chi connectivity index (χ4v) is 3.66. The highest BCUT2D eigenvalue weighted by Gasteiger charge is 2.34. The summed E-state index contributed by atoms with van der Waals surface area (Å²) in [5, 5.41) is 4.15. The lowest BCUT2D eigenvalue weighted by Crippen LogP contribution is -2.54. The summed E-state index contributed by atoms with van der Waals surface area (Å²) in [6.07, 6.45) is 9.00. The van der Waals surface area contributed by atoms with Crippen molar-refractivity contribution in [3.8, 4) is 0 Å². The van der Waals surface area contributed by atoms with Crippen molar-refractivity contribution in [2.75, 3.05) is 18.5 Å². The molecule has 2 aliphatic rings. The fourth-order valence-electron chi connectivity index (χ4n) is 2.96. The van der Waals surface area contributed by atoms with Crippen LogP contribution in [0.2, 0.25) is 0 Å². The molecule has 1 heterocycles. The summed E-state index contributed by atoms with van der Waals surface area (Å²) in [5.74, 6) is 0.518. The third-order valence-electron chi connectivity index (χ3n) is 4.32. The molecule has 0 radical (unpaired) electrons. The van der Waals surface area contributed by atoms with Crippen molar-refractivity contribution in [2.45, 2.75) is 56.9 Å². The van der Waals surface area contributed by atoms with E-state index in [1.54, 1.807) is 0 Å². The Morgan fingerprint density at radius 1 is 1.17 bits per heavy atom. The van der Waals surface area contributed by atoms with Crippen molar-refractivity contribution < 1.29 is 9.53 Å². The number of carbonyl (C=O) groups excluding carboxylic acids is 1. The lowest BCUT2D eigenvalue weighted by Gasteiger charge is -2.37. The van der Waals surface area contributed by atoms with Crippen LogP contribution in [0.5, 0.6) is 0 Å². The average molecular weight is 318 g/mol. The highest BCUT2D eigenvalue weighted by Crippen LogP contribution is 2.27. The maximum Gasteiger partial charge on any atom is 0.223 e. The molecule has 0 aromatic heterocycles. The van der Waals surface area contributed by atoms with Crippen LogP contribution in [0.4, 0.5) is 0 Å². The van der Waals surface area contributed by atoms with E-state index in [0.29, 0.717) is 0 Å². The second-order valence-corrected chi connectivity index (χ2v) is 6.26. The van der Waals surface area contributed by atoms with Gasteiger partial charge in [-0.3, -0.25) is 4.79 Å². The highest BCUT2D eigenvalue weighted by molar-refractivity contribution is 9.09. The number of hydrogen-bond donors (Lipinski definition) is 1. The lowest BCUT2D eigenvalue weighted by atomic mass is 9.90. The first-order valence-electron chi connectivity index (χ1n) is 7.21. The predicted molar refractivity (Wildman–Crippen MR) is 75.9 cm³/mol. The fraction of sp³-hybridized carbons (Fsp3) is 0.929. The normalized spacial score (nSPS) is 25.4. The van der Waals surface area contributed by atoms with Gasteiger partial charge in [-0.05, 0) is 25.7 Å². The number of amides is 1. The minimum atomic E-state index is -0.0678. The smallest absolute Gasteiger partial charge is 0.223 e. The molecule has 1 saturated carbocycles. The number of carbonyl (C=O) groups is 1. The van der Waals surface area contributed by atoms with Gasteiger partial charge in [-0.25, -0.2) is 0 Å². The Balaban J connectivity index is 1.91. The van der Waals surface area contributed by atoms with Gasteiger partial charge in [0.2, 0.25) is 5.91 Å². The van der Waals surface area contributed by atoms with E-state index < -0.39 is 0 Å². The Morgan fingerprint density at radius 3 is 2.33 bits per heavy atom. The van der Waals surface area contributed by atoms with Gasteiger partial charge >= 0.3 is 0 Å². The van der Waals surface area contributed by atoms with Crippen molar-refractivity contribution in [2.24, 2.45) is 5.92 Å². The summed E-state index contributed by atoms with van der Waals surface area (Å²) in [6, 6.07) is 0. The van der Waals surface area contributed by atoms with Crippen molar-refractivity contribution >= 4 is 21.8 Å². The van der Waals surface area contributed by atoms with Gasteiger partial charge in [-0.2, -0.15) is 0 Å². The summed E-state index contributed by atoms with van der Waals surface area (Å²) in [6.45, 7) is 1.52. The van der Waals surface area contributed by atoms with E-state index >= 15 is 0 Å². The van der Waals surface area contributed by atoms with Crippen LogP contribution in [0.25, 0.3) is 0 Å². The van der Waals surface area contributed by atoms with Gasteiger partial charge in [-0.1, -0.05) is 41.6 Å². The van der Waals surface area contributed by atoms with E-state index in [0.717, 1.165) is 44.2 Å². The Morgan fingerprint density at radius 2 is 1.78 bits per heavy atom. The van der Waals surface area contributed by atoms with Crippen LogP contribution in [-0.4, -0.2) is 30.0 Å². The topological polar surface area (TPSA) is 38.3 Å². The molecule has 1 amide bonds. The zero-order valence-electron chi connectivity index (χ0n) is 11.0. The monoisotopic (exact) mass is 317 g/mol. The van der Waals surface area contributed by atoms with Gasteiger partial charge in [-0.15, -0.1) is 0 Å². The van der Waals surface area contributed by atoms with E-state index in [-0.39, 0.29) is 17.4 Å². The van der Waals surface area contributed by atoms with Crippen LogP contribution in [0.1, 0.15) is 51.4 Å². The first kappa shape index (κ1) is 14.3. The van der Waals surface area contributed by atoms with Crippen molar-refractivity contribution in [1.29, 1.82) is 0 Å². The van der Waals surface area contributed by atoms with Crippen molar-refractivity contribution in [3.63, 3.8) is 0 Å². The quantitative estimate of drug-likeness (QED) is 0.642. The third kappa shape index (κ3) is 3.70. The van der Waals surface area contributed by atoms with Crippen LogP contribution in [0.15, 0.2) is 0 Å². The van der Waals surface area contributed by atoms with Gasteiger partial charge in [0.25, 0.3) is 0 Å². The molecule has 1 aliphatic carbocycles. The number of rotatable bonds is 3. The lowest BCUT2D eigenvalue weighted by molar-refractivity contribution is -0.128. The van der Waals surface area contributed by atoms with E-state index in [9.17, 15) is 4.79 Å². The van der Waals surface area contributed by atoms with E-state index in [4.69, 9.17) is 4.74 Å². The molecule has 104 valence electrons. The van der Waals surface area contributed by atoms with Gasteiger partial charge in [0.15, 0.2) is 0 Å². The van der Waals surface area contributed by atoms with Crippen LogP contribution < -0.4 is 5.32 Å². The Bertz CT molecular complexity index is 269. The summed E-state index contributed by atoms with van der Waals surface area (Å²) in [4.78, 5) is 12.4. The van der Waals surface area contributed by atoms with Crippen LogP contribution in [0, 0.1) is 5.92 Å². The van der Waals surface area contributed by atoms with Gasteiger partial charge in [0.1, 0.15) is 0 Å². The highest BCUT2D eigenvalue weighted by atomic mass is 79.9. The van der Waals surface area contributed by atoms with E-state index in [1.807, 2.05) is 0 Å². The molecular weight excluding hydrogens is 294 g/mol. The van der Waals surface area contributed by atoms with Gasteiger partial charge in [0, 0.05) is 24.5 Å². The molecular formula is C14H24BrNO2. The molecule has 2 rings (SSSR count). The number of alkyl halides is 1. The second kappa shape index (κ2) is 6.90. The van der Waals surface area contributed by atoms with Crippen LogP contribution in [-0.2, 0) is 9.53 Å². The molecule has 1 N–H and O–H groups in total. The summed E-state index contributed by atoms with van der Waals surface area (Å²) >= 11 is 3.57. The van der Waals surface area contributed by atoms with E-state index in [1.165, 1.54) is 25.7 Å². The third-order valence-corrected chi connectivity index (χ3v) is 5.39. The van der Waals surface area contributed by atoms with Gasteiger partial charge < -0.3 is 10.1 Å². The maximum atomic E-state index is 12.4. The van der Waals surface area contributed by atoms with Gasteiger partial charge in [0.05, 0.1) is 5.54 Å². The summed E-state index contributed by atoms with van der Waals surface area (Å²) < 4.78 is 5.40. The molecule has 1 saturated heterocycles. The van der Waals surface area contributed by atoms with Crippen LogP contribution >= 0.6 is 15.9 Å². The molecule has 18 heavy (non-hydrogen) atoms. The first-order valence-corrected chi connectivity index (χ1v) is 8.34. The molecule has 3 nitrogen and oxygen atoms in total. The Hall–Kier alpha value is -0.0900. The SMILES string of the molecule is O=C(NC1(CBr)CCOCC1)C1CCCCCC1. The predicted octanol–water partition coefficient (Wildman–Crippen LogP) is 3.02. The molecule has 0 bridgehead atoms. The number of ether oxygens (including phenoxy) is 1. The number of nitrogens with one attached hydrogen (secondary N) is 1. The van der Waals surface area contributed by atoms with Crippen molar-refractivity contribution in [3.05, 3.63) is 0 Å². The van der Waals surface area contributed by atoms with Crippen molar-refractivity contribution in [1.82, 2.24) is 5.32 Å². The van der Waals surface area contributed by atoms with E-state index in [2.05, 4.69) is 21.2 Å². The second-order valence-electron chi connectivity index (χ2n) is 5.70. The Kier molecular flexibility index (Phi) is 5.49. The minimum absolute atomic E-state index is 0.0678. The summed E-state index contributed by atoms with van der Waals surface area (Å²) in [7, 11) is 0. The largest absolute Gasteiger partial charge is 0.381 e.